The molecule has 5 heteroatoms. The number of methoxy groups -OCH3 is 1. The van der Waals surface area contributed by atoms with Crippen LogP contribution in [0.25, 0.3) is 10.9 Å². The van der Waals surface area contributed by atoms with Crippen molar-refractivity contribution in [2.24, 2.45) is 0 Å². The van der Waals surface area contributed by atoms with Gasteiger partial charge < -0.3 is 14.0 Å². The Hall–Kier alpha value is -3.73. The van der Waals surface area contributed by atoms with Crippen molar-refractivity contribution in [2.75, 3.05) is 7.11 Å². The van der Waals surface area contributed by atoms with E-state index in [9.17, 15) is 4.79 Å². The fourth-order valence-electron chi connectivity index (χ4n) is 3.32. The molecule has 1 aromatic heterocycles. The minimum atomic E-state index is -0.474. The van der Waals surface area contributed by atoms with Gasteiger partial charge in [0.05, 0.1) is 12.6 Å². The lowest BCUT2D eigenvalue weighted by molar-refractivity contribution is 0.134. The van der Waals surface area contributed by atoms with Gasteiger partial charge in [0, 0.05) is 11.6 Å². The number of ether oxygens (including phenoxy) is 2. The summed E-state index contributed by atoms with van der Waals surface area (Å²) in [7, 11) is 1.65. The normalized spacial score (nSPS) is 11.8. The second-order valence-electron chi connectivity index (χ2n) is 6.67. The van der Waals surface area contributed by atoms with Gasteiger partial charge in [0.15, 0.2) is 0 Å². The lowest BCUT2D eigenvalue weighted by Gasteiger charge is -2.22. The Bertz CT molecular complexity index is 1090. The number of benzene rings is 3. The summed E-state index contributed by atoms with van der Waals surface area (Å²) in [5, 5.41) is 4.03. The summed E-state index contributed by atoms with van der Waals surface area (Å²) in [5.74, 6) is 0.793. The van der Waals surface area contributed by atoms with Gasteiger partial charge >= 0.3 is 6.09 Å². The van der Waals surface area contributed by atoms with Crippen LogP contribution in [0.2, 0.25) is 0 Å². The van der Waals surface area contributed by atoms with E-state index in [4.69, 9.17) is 9.47 Å². The quantitative estimate of drug-likeness (QED) is 0.500. The molecule has 0 aliphatic rings. The number of carbonyl (C=O) groups is 1. The van der Waals surface area contributed by atoms with Crippen molar-refractivity contribution in [2.45, 2.75) is 12.8 Å². The van der Waals surface area contributed by atoms with E-state index in [2.05, 4.69) is 5.32 Å². The van der Waals surface area contributed by atoms with Gasteiger partial charge in [0.1, 0.15) is 18.5 Å². The van der Waals surface area contributed by atoms with Gasteiger partial charge in [-0.05, 0) is 35.4 Å². The molecule has 1 heterocycles. The Morgan fingerprint density at radius 2 is 1.69 bits per heavy atom. The van der Waals surface area contributed by atoms with E-state index in [1.165, 1.54) is 0 Å². The Kier molecular flexibility index (Phi) is 5.47. The number of alkyl carbamates (subject to hydrolysis) is 1. The van der Waals surface area contributed by atoms with E-state index < -0.39 is 12.3 Å². The maximum Gasteiger partial charge on any atom is 0.409 e. The van der Waals surface area contributed by atoms with Crippen LogP contribution in [-0.4, -0.2) is 17.8 Å². The molecule has 1 N–H and O–H groups in total. The standard InChI is InChI=1S/C24H22N2O3/c1-28-21-12-13-22-20(16-21)14-15-26(22)23(19-10-6-3-7-11-19)25-24(27)29-17-18-8-4-2-5-9-18/h2-16,23H,17H2,1H3,(H,25,27). The summed E-state index contributed by atoms with van der Waals surface area (Å²) in [6.07, 6.45) is 1.09. The Morgan fingerprint density at radius 3 is 2.41 bits per heavy atom. The average molecular weight is 386 g/mol. The molecule has 0 aliphatic heterocycles. The molecule has 0 saturated carbocycles. The third-order valence-corrected chi connectivity index (χ3v) is 4.79. The molecule has 0 spiro atoms. The Morgan fingerprint density at radius 1 is 0.966 bits per heavy atom. The molecule has 5 nitrogen and oxygen atoms in total. The number of amides is 1. The Labute approximate surface area is 169 Å². The van der Waals surface area contributed by atoms with Crippen molar-refractivity contribution in [3.63, 3.8) is 0 Å². The molecule has 29 heavy (non-hydrogen) atoms. The van der Waals surface area contributed by atoms with Crippen LogP contribution in [0.3, 0.4) is 0 Å². The highest BCUT2D eigenvalue weighted by atomic mass is 16.5. The van der Waals surface area contributed by atoms with Gasteiger partial charge in [-0.1, -0.05) is 60.7 Å². The summed E-state index contributed by atoms with van der Waals surface area (Å²) in [4.78, 5) is 12.6. The van der Waals surface area contributed by atoms with Crippen LogP contribution >= 0.6 is 0 Å². The molecule has 0 aliphatic carbocycles. The highest BCUT2D eigenvalue weighted by Gasteiger charge is 2.19. The van der Waals surface area contributed by atoms with E-state index in [0.29, 0.717) is 0 Å². The summed E-state index contributed by atoms with van der Waals surface area (Å²) >= 11 is 0. The molecule has 0 bridgehead atoms. The number of nitrogens with zero attached hydrogens (tertiary/aromatic N) is 1. The smallest absolute Gasteiger partial charge is 0.409 e. The summed E-state index contributed by atoms with van der Waals surface area (Å²) in [6, 6.07) is 27.3. The zero-order valence-electron chi connectivity index (χ0n) is 16.1. The molecule has 3 aromatic carbocycles. The van der Waals surface area contributed by atoms with Crippen molar-refractivity contribution in [1.29, 1.82) is 0 Å². The molecule has 0 fully saturated rings. The summed E-state index contributed by atoms with van der Waals surface area (Å²) < 4.78 is 12.8. The van der Waals surface area contributed by atoms with Crippen molar-refractivity contribution >= 4 is 17.0 Å². The first kappa shape index (κ1) is 18.6. The first-order valence-electron chi connectivity index (χ1n) is 9.41. The molecule has 1 amide bonds. The van der Waals surface area contributed by atoms with Crippen LogP contribution in [-0.2, 0) is 11.3 Å². The molecular weight excluding hydrogens is 364 g/mol. The van der Waals surface area contributed by atoms with E-state index in [-0.39, 0.29) is 6.61 Å². The van der Waals surface area contributed by atoms with Crippen LogP contribution < -0.4 is 10.1 Å². The van der Waals surface area contributed by atoms with Crippen molar-refractivity contribution in [3.05, 3.63) is 102 Å². The van der Waals surface area contributed by atoms with Gasteiger partial charge in [-0.15, -0.1) is 0 Å². The fraction of sp³-hybridized carbons (Fsp3) is 0.125. The van der Waals surface area contributed by atoms with Gasteiger partial charge in [0.2, 0.25) is 0 Å². The lowest BCUT2D eigenvalue weighted by Crippen LogP contribution is -2.33. The SMILES string of the molecule is COc1ccc2c(ccn2C(NC(=O)OCc2ccccc2)c2ccccc2)c1. The number of hydrogen-bond donors (Lipinski definition) is 1. The van der Waals surface area contributed by atoms with Gasteiger partial charge in [-0.3, -0.25) is 5.32 Å². The lowest BCUT2D eigenvalue weighted by atomic mass is 10.1. The summed E-state index contributed by atoms with van der Waals surface area (Å²) in [6.45, 7) is 0.220. The highest BCUT2D eigenvalue weighted by molar-refractivity contribution is 5.82. The maximum atomic E-state index is 12.6. The second kappa shape index (κ2) is 8.52. The molecule has 4 aromatic rings. The van der Waals surface area contributed by atoms with E-state index in [1.807, 2.05) is 95.7 Å². The van der Waals surface area contributed by atoms with Gasteiger partial charge in [0.25, 0.3) is 0 Å². The van der Waals surface area contributed by atoms with Crippen molar-refractivity contribution < 1.29 is 14.3 Å². The molecule has 1 unspecified atom stereocenters. The third-order valence-electron chi connectivity index (χ3n) is 4.79. The maximum absolute atomic E-state index is 12.6. The largest absolute Gasteiger partial charge is 0.497 e. The summed E-state index contributed by atoms with van der Waals surface area (Å²) in [5.41, 5.74) is 2.89. The topological polar surface area (TPSA) is 52.5 Å². The monoisotopic (exact) mass is 386 g/mol. The fourth-order valence-corrected chi connectivity index (χ4v) is 3.32. The average Bonchev–Trinajstić information content (AvgIpc) is 3.20. The first-order chi connectivity index (χ1) is 14.2. The minimum absolute atomic E-state index is 0.220. The molecule has 0 saturated heterocycles. The third kappa shape index (κ3) is 4.24. The minimum Gasteiger partial charge on any atom is -0.497 e. The van der Waals surface area contributed by atoms with Crippen LogP contribution in [0.5, 0.6) is 5.75 Å². The van der Waals surface area contributed by atoms with E-state index in [1.54, 1.807) is 7.11 Å². The zero-order valence-corrected chi connectivity index (χ0v) is 16.1. The number of nitrogens with one attached hydrogen (secondary N) is 1. The van der Waals surface area contributed by atoms with E-state index in [0.717, 1.165) is 27.8 Å². The van der Waals surface area contributed by atoms with Crippen LogP contribution in [0.15, 0.2) is 91.1 Å². The first-order valence-corrected chi connectivity index (χ1v) is 9.41. The number of aromatic nitrogens is 1. The highest BCUT2D eigenvalue weighted by Crippen LogP contribution is 2.26. The number of fused-ring (bicyclic) bond motifs is 1. The number of carbonyl (C=O) groups excluding carboxylic acids is 1. The zero-order chi connectivity index (χ0) is 20.1. The van der Waals surface area contributed by atoms with Crippen LogP contribution in [0.1, 0.15) is 17.3 Å². The van der Waals surface area contributed by atoms with E-state index >= 15 is 0 Å². The van der Waals surface area contributed by atoms with Crippen molar-refractivity contribution in [3.8, 4) is 5.75 Å². The number of rotatable bonds is 6. The molecule has 0 radical (unpaired) electrons. The van der Waals surface area contributed by atoms with Crippen molar-refractivity contribution in [1.82, 2.24) is 9.88 Å². The van der Waals surface area contributed by atoms with Gasteiger partial charge in [-0.2, -0.15) is 0 Å². The Balaban J connectivity index is 1.60. The molecule has 1 atom stereocenters. The molecule has 146 valence electrons. The van der Waals surface area contributed by atoms with Gasteiger partial charge in [-0.25, -0.2) is 4.79 Å². The molecule has 4 rings (SSSR count). The molecular formula is C24H22N2O3. The predicted octanol–water partition coefficient (Wildman–Crippen LogP) is 5.12. The number of hydrogen-bond acceptors (Lipinski definition) is 3. The predicted molar refractivity (Wildman–Crippen MR) is 113 cm³/mol. The van der Waals surface area contributed by atoms with Crippen LogP contribution in [0, 0.1) is 0 Å². The second-order valence-corrected chi connectivity index (χ2v) is 6.67. The van der Waals surface area contributed by atoms with Crippen LogP contribution in [0.4, 0.5) is 4.79 Å².